The SMILES string of the molecule is O=[N+]([O-])c1cc(F)ccc1NS(=O)(=O)c1ccn[nH]1. The molecule has 19 heavy (non-hydrogen) atoms. The summed E-state index contributed by atoms with van der Waals surface area (Å²) in [5.41, 5.74) is -1.01. The van der Waals surface area contributed by atoms with Crippen LogP contribution in [0.15, 0.2) is 35.5 Å². The van der Waals surface area contributed by atoms with Gasteiger partial charge < -0.3 is 0 Å². The molecule has 2 N–H and O–H groups in total. The molecule has 100 valence electrons. The molecule has 0 fully saturated rings. The average molecular weight is 286 g/mol. The molecular weight excluding hydrogens is 279 g/mol. The summed E-state index contributed by atoms with van der Waals surface area (Å²) in [7, 11) is -4.03. The lowest BCUT2D eigenvalue weighted by Crippen LogP contribution is -2.14. The first kappa shape index (κ1) is 13.0. The molecule has 0 aliphatic carbocycles. The zero-order valence-corrected chi connectivity index (χ0v) is 10.0. The molecule has 8 nitrogen and oxygen atoms in total. The molecule has 0 saturated heterocycles. The van der Waals surface area contributed by atoms with Gasteiger partial charge in [0.1, 0.15) is 11.5 Å². The van der Waals surface area contributed by atoms with Gasteiger partial charge >= 0.3 is 0 Å². The minimum Gasteiger partial charge on any atom is -0.272 e. The van der Waals surface area contributed by atoms with E-state index < -0.39 is 26.5 Å². The fraction of sp³-hybridized carbons (Fsp3) is 0. The summed E-state index contributed by atoms with van der Waals surface area (Å²) in [6.45, 7) is 0. The quantitative estimate of drug-likeness (QED) is 0.648. The fourth-order valence-electron chi connectivity index (χ4n) is 1.33. The molecule has 0 aliphatic heterocycles. The first-order valence-electron chi connectivity index (χ1n) is 4.86. The lowest BCUT2D eigenvalue weighted by atomic mass is 10.3. The standard InChI is InChI=1S/C9H7FN4O4S/c10-6-1-2-7(8(5-6)14(15)16)13-19(17,18)9-3-4-11-12-9/h1-5,13H,(H,11,12). The minimum absolute atomic E-state index is 0.258. The van der Waals surface area contributed by atoms with Gasteiger partial charge in [-0.25, -0.2) is 4.39 Å². The van der Waals surface area contributed by atoms with Gasteiger partial charge in [0.25, 0.3) is 15.7 Å². The molecule has 0 amide bonds. The number of nitrogens with zero attached hydrogens (tertiary/aromatic N) is 2. The normalized spacial score (nSPS) is 11.2. The molecule has 2 aromatic rings. The van der Waals surface area contributed by atoms with Crippen LogP contribution in [0.2, 0.25) is 0 Å². The second-order valence-electron chi connectivity index (χ2n) is 3.44. The van der Waals surface area contributed by atoms with Crippen molar-refractivity contribution in [2.75, 3.05) is 4.72 Å². The lowest BCUT2D eigenvalue weighted by molar-refractivity contribution is -0.384. The molecule has 0 aliphatic rings. The number of nitro groups is 1. The van der Waals surface area contributed by atoms with Crippen LogP contribution in [0.25, 0.3) is 0 Å². The Morgan fingerprint density at radius 3 is 2.68 bits per heavy atom. The maximum absolute atomic E-state index is 12.9. The van der Waals surface area contributed by atoms with E-state index in [1.54, 1.807) is 0 Å². The average Bonchev–Trinajstić information content (AvgIpc) is 2.85. The van der Waals surface area contributed by atoms with Gasteiger partial charge in [0.2, 0.25) is 0 Å². The number of halogens is 1. The summed E-state index contributed by atoms with van der Waals surface area (Å²) in [5.74, 6) is -0.837. The summed E-state index contributed by atoms with van der Waals surface area (Å²) in [5, 5.41) is 16.1. The Balaban J connectivity index is 2.42. The van der Waals surface area contributed by atoms with Gasteiger partial charge in [0.05, 0.1) is 17.2 Å². The zero-order chi connectivity index (χ0) is 14.0. The number of aromatic nitrogens is 2. The van der Waals surface area contributed by atoms with Crippen molar-refractivity contribution >= 4 is 21.4 Å². The van der Waals surface area contributed by atoms with E-state index >= 15 is 0 Å². The van der Waals surface area contributed by atoms with E-state index in [1.165, 1.54) is 12.3 Å². The highest BCUT2D eigenvalue weighted by atomic mass is 32.2. The van der Waals surface area contributed by atoms with E-state index in [2.05, 4.69) is 10.2 Å². The van der Waals surface area contributed by atoms with Gasteiger partial charge in [-0.2, -0.15) is 13.5 Å². The molecule has 0 radical (unpaired) electrons. The highest BCUT2D eigenvalue weighted by Gasteiger charge is 2.22. The van der Waals surface area contributed by atoms with E-state index in [4.69, 9.17) is 0 Å². The van der Waals surface area contributed by atoms with Crippen LogP contribution in [0.4, 0.5) is 15.8 Å². The maximum Gasteiger partial charge on any atom is 0.296 e. The van der Waals surface area contributed by atoms with Crippen LogP contribution in [-0.4, -0.2) is 23.5 Å². The number of H-pyrrole nitrogens is 1. The third-order valence-corrected chi connectivity index (χ3v) is 3.46. The van der Waals surface area contributed by atoms with Gasteiger partial charge in [-0.05, 0) is 18.2 Å². The molecule has 10 heteroatoms. The van der Waals surface area contributed by atoms with Crippen molar-refractivity contribution in [1.29, 1.82) is 0 Å². The predicted molar refractivity (Wildman–Crippen MR) is 62.5 cm³/mol. The Kier molecular flexibility index (Phi) is 3.17. The summed E-state index contributed by atoms with van der Waals surface area (Å²) < 4.78 is 38.6. The lowest BCUT2D eigenvalue weighted by Gasteiger charge is -2.06. The molecule has 0 saturated carbocycles. The number of sulfonamides is 1. The van der Waals surface area contributed by atoms with Gasteiger partial charge in [-0.1, -0.05) is 0 Å². The number of benzene rings is 1. The second-order valence-corrected chi connectivity index (χ2v) is 5.10. The molecule has 1 aromatic carbocycles. The molecule has 0 atom stereocenters. The number of hydrogen-bond acceptors (Lipinski definition) is 5. The number of anilines is 1. The summed E-state index contributed by atoms with van der Waals surface area (Å²) in [4.78, 5) is 9.85. The van der Waals surface area contributed by atoms with E-state index in [0.717, 1.165) is 12.1 Å². The summed E-state index contributed by atoms with van der Waals surface area (Å²) in [6, 6.07) is 3.70. The van der Waals surface area contributed by atoms with Crippen molar-refractivity contribution in [3.63, 3.8) is 0 Å². The third kappa shape index (κ3) is 2.68. The highest BCUT2D eigenvalue weighted by molar-refractivity contribution is 7.92. The summed E-state index contributed by atoms with van der Waals surface area (Å²) in [6.07, 6.45) is 1.22. The van der Waals surface area contributed by atoms with E-state index in [0.29, 0.717) is 6.07 Å². The second kappa shape index (κ2) is 4.65. The molecule has 0 unspecified atom stereocenters. The molecule has 2 rings (SSSR count). The Morgan fingerprint density at radius 1 is 1.37 bits per heavy atom. The Bertz CT molecular complexity index is 714. The van der Waals surface area contributed by atoms with E-state index in [-0.39, 0.29) is 10.7 Å². The van der Waals surface area contributed by atoms with Crippen molar-refractivity contribution in [2.24, 2.45) is 0 Å². The van der Waals surface area contributed by atoms with Gasteiger partial charge in [0, 0.05) is 0 Å². The topological polar surface area (TPSA) is 118 Å². The van der Waals surface area contributed by atoms with Crippen LogP contribution >= 0.6 is 0 Å². The number of hydrogen-bond donors (Lipinski definition) is 2. The smallest absolute Gasteiger partial charge is 0.272 e. The number of nitro benzene ring substituents is 1. The molecular formula is C9H7FN4O4S. The van der Waals surface area contributed by atoms with Crippen molar-refractivity contribution in [2.45, 2.75) is 5.03 Å². The molecule has 0 spiro atoms. The maximum atomic E-state index is 12.9. The zero-order valence-electron chi connectivity index (χ0n) is 9.20. The van der Waals surface area contributed by atoms with Crippen molar-refractivity contribution in [3.8, 4) is 0 Å². The predicted octanol–water partition coefficient (Wildman–Crippen LogP) is 1.26. The van der Waals surface area contributed by atoms with Gasteiger partial charge in [-0.3, -0.25) is 19.9 Å². The monoisotopic (exact) mass is 286 g/mol. The fourth-order valence-corrected chi connectivity index (χ4v) is 2.32. The Labute approximate surface area is 106 Å². The molecule has 1 heterocycles. The van der Waals surface area contributed by atoms with Crippen molar-refractivity contribution in [1.82, 2.24) is 10.2 Å². The molecule has 1 aromatic heterocycles. The largest absolute Gasteiger partial charge is 0.296 e. The van der Waals surface area contributed by atoms with Gasteiger partial charge in [-0.15, -0.1) is 0 Å². The molecule has 0 bridgehead atoms. The Hall–Kier alpha value is -2.49. The van der Waals surface area contributed by atoms with Crippen molar-refractivity contribution < 1.29 is 17.7 Å². The van der Waals surface area contributed by atoms with Crippen LogP contribution < -0.4 is 4.72 Å². The van der Waals surface area contributed by atoms with E-state index in [1.807, 2.05) is 4.72 Å². The summed E-state index contributed by atoms with van der Waals surface area (Å²) >= 11 is 0. The number of aromatic amines is 1. The van der Waals surface area contributed by atoms with Gasteiger partial charge in [0.15, 0.2) is 5.03 Å². The minimum atomic E-state index is -4.03. The van der Waals surface area contributed by atoms with Crippen LogP contribution in [0.3, 0.4) is 0 Å². The van der Waals surface area contributed by atoms with Crippen molar-refractivity contribution in [3.05, 3.63) is 46.4 Å². The van der Waals surface area contributed by atoms with E-state index in [9.17, 15) is 22.9 Å². The third-order valence-electron chi connectivity index (χ3n) is 2.17. The highest BCUT2D eigenvalue weighted by Crippen LogP contribution is 2.26. The number of rotatable bonds is 4. The van der Waals surface area contributed by atoms with Crippen LogP contribution in [0.1, 0.15) is 0 Å². The van der Waals surface area contributed by atoms with Crippen LogP contribution in [-0.2, 0) is 10.0 Å². The first-order chi connectivity index (χ1) is 8.90. The van der Waals surface area contributed by atoms with Crippen LogP contribution in [0.5, 0.6) is 0 Å². The van der Waals surface area contributed by atoms with Crippen LogP contribution in [0, 0.1) is 15.9 Å². The number of nitrogens with one attached hydrogen (secondary N) is 2. The Morgan fingerprint density at radius 2 is 2.11 bits per heavy atom. The first-order valence-corrected chi connectivity index (χ1v) is 6.34.